The Morgan fingerprint density at radius 3 is 2.00 bits per heavy atom. The van der Waals surface area contributed by atoms with E-state index in [2.05, 4.69) is 60.8 Å². The standard InChI is InChI=1S/C16H20N2.C2HF3O2/c1-13(18-12-11-17)14-7-9-16(10-8-14)15-5-3-2-4-6-15;3-2(4,5)1(6)7/h2-10,13,18H,11-12,17H2,1H3;(H,6,7). The van der Waals surface area contributed by atoms with Crippen LogP contribution in [0, 0.1) is 0 Å². The molecule has 0 bridgehead atoms. The van der Waals surface area contributed by atoms with Gasteiger partial charge in [0.05, 0.1) is 0 Å². The van der Waals surface area contributed by atoms with Crippen molar-refractivity contribution in [3.8, 4) is 11.1 Å². The molecule has 0 aliphatic heterocycles. The van der Waals surface area contributed by atoms with Gasteiger partial charge in [0.2, 0.25) is 0 Å². The molecule has 0 heterocycles. The van der Waals surface area contributed by atoms with Gasteiger partial charge in [-0.15, -0.1) is 0 Å². The van der Waals surface area contributed by atoms with E-state index in [4.69, 9.17) is 15.6 Å². The number of halogens is 3. The molecule has 2 rings (SSSR count). The van der Waals surface area contributed by atoms with Crippen LogP contribution in [-0.2, 0) is 4.79 Å². The molecule has 2 aromatic rings. The van der Waals surface area contributed by atoms with Gasteiger partial charge in [-0.3, -0.25) is 0 Å². The Bertz CT molecular complexity index is 644. The largest absolute Gasteiger partial charge is 0.490 e. The lowest BCUT2D eigenvalue weighted by atomic mass is 10.0. The first-order valence-electron chi connectivity index (χ1n) is 7.64. The molecule has 0 aromatic heterocycles. The van der Waals surface area contributed by atoms with Crippen LogP contribution in [0.15, 0.2) is 54.6 Å². The van der Waals surface area contributed by atoms with E-state index in [1.165, 1.54) is 16.7 Å². The van der Waals surface area contributed by atoms with Gasteiger partial charge in [-0.25, -0.2) is 4.79 Å². The lowest BCUT2D eigenvalue weighted by Crippen LogP contribution is -2.25. The number of carbonyl (C=O) groups is 1. The van der Waals surface area contributed by atoms with Gasteiger partial charge in [-0.2, -0.15) is 13.2 Å². The monoisotopic (exact) mass is 354 g/mol. The van der Waals surface area contributed by atoms with E-state index in [9.17, 15) is 13.2 Å². The average Bonchev–Trinajstić information content (AvgIpc) is 2.60. The second-order valence-corrected chi connectivity index (χ2v) is 5.26. The summed E-state index contributed by atoms with van der Waals surface area (Å²) in [4.78, 5) is 8.90. The van der Waals surface area contributed by atoms with E-state index in [0.29, 0.717) is 12.6 Å². The fourth-order valence-corrected chi connectivity index (χ4v) is 2.01. The van der Waals surface area contributed by atoms with Crippen LogP contribution in [-0.4, -0.2) is 30.3 Å². The molecule has 0 aliphatic carbocycles. The number of alkyl halides is 3. The normalized spacial score (nSPS) is 12.0. The Balaban J connectivity index is 0.000000381. The van der Waals surface area contributed by atoms with Gasteiger partial charge < -0.3 is 16.2 Å². The first-order chi connectivity index (χ1) is 11.8. The number of nitrogens with one attached hydrogen (secondary N) is 1. The van der Waals surface area contributed by atoms with Crippen molar-refractivity contribution in [1.82, 2.24) is 5.32 Å². The van der Waals surface area contributed by atoms with E-state index >= 15 is 0 Å². The number of hydrogen-bond donors (Lipinski definition) is 3. The molecule has 1 atom stereocenters. The molecule has 136 valence electrons. The van der Waals surface area contributed by atoms with E-state index in [-0.39, 0.29) is 0 Å². The molecule has 2 aromatic carbocycles. The molecule has 0 saturated carbocycles. The predicted molar refractivity (Wildman–Crippen MR) is 91.0 cm³/mol. The fourth-order valence-electron chi connectivity index (χ4n) is 2.01. The third-order valence-corrected chi connectivity index (χ3v) is 3.36. The van der Waals surface area contributed by atoms with Crippen molar-refractivity contribution in [2.75, 3.05) is 13.1 Å². The fraction of sp³-hybridized carbons (Fsp3) is 0.278. The smallest absolute Gasteiger partial charge is 0.475 e. The SMILES string of the molecule is CC(NCCN)c1ccc(-c2ccccc2)cc1.O=C(O)C(F)(F)F. The predicted octanol–water partition coefficient (Wildman–Crippen LogP) is 3.60. The first-order valence-corrected chi connectivity index (χ1v) is 7.64. The molecule has 4 nitrogen and oxygen atoms in total. The number of benzene rings is 2. The molecule has 25 heavy (non-hydrogen) atoms. The van der Waals surface area contributed by atoms with E-state index in [0.717, 1.165) is 6.54 Å². The summed E-state index contributed by atoms with van der Waals surface area (Å²) in [6.07, 6.45) is -5.08. The third kappa shape index (κ3) is 7.36. The van der Waals surface area contributed by atoms with Gasteiger partial charge in [-0.05, 0) is 23.6 Å². The summed E-state index contributed by atoms with van der Waals surface area (Å²) in [5.74, 6) is -2.76. The molecule has 0 amide bonds. The molecule has 7 heteroatoms. The molecule has 0 fully saturated rings. The molecule has 0 spiro atoms. The summed E-state index contributed by atoms with van der Waals surface area (Å²) < 4.78 is 31.7. The maximum atomic E-state index is 10.6. The topological polar surface area (TPSA) is 75.3 Å². The lowest BCUT2D eigenvalue weighted by molar-refractivity contribution is -0.192. The maximum absolute atomic E-state index is 10.6. The number of carboxylic acids is 1. The summed E-state index contributed by atoms with van der Waals surface area (Å²) in [5.41, 5.74) is 9.30. The number of hydrogen-bond acceptors (Lipinski definition) is 3. The minimum absolute atomic E-state index is 0.346. The average molecular weight is 354 g/mol. The summed E-state index contributed by atoms with van der Waals surface area (Å²) in [7, 11) is 0. The number of aliphatic carboxylic acids is 1. The van der Waals surface area contributed by atoms with Crippen LogP contribution >= 0.6 is 0 Å². The van der Waals surface area contributed by atoms with Gasteiger partial charge in [-0.1, -0.05) is 54.6 Å². The van der Waals surface area contributed by atoms with Crippen molar-refractivity contribution in [2.24, 2.45) is 5.73 Å². The van der Waals surface area contributed by atoms with E-state index < -0.39 is 12.1 Å². The third-order valence-electron chi connectivity index (χ3n) is 3.36. The van der Waals surface area contributed by atoms with Crippen LogP contribution in [0.3, 0.4) is 0 Å². The second-order valence-electron chi connectivity index (χ2n) is 5.26. The zero-order valence-electron chi connectivity index (χ0n) is 13.8. The quantitative estimate of drug-likeness (QED) is 0.767. The first kappa shape index (κ1) is 20.7. The highest BCUT2D eigenvalue weighted by molar-refractivity contribution is 5.73. The van der Waals surface area contributed by atoms with Gasteiger partial charge >= 0.3 is 12.1 Å². The van der Waals surface area contributed by atoms with E-state index in [1.807, 2.05) is 6.07 Å². The molecule has 1 unspecified atom stereocenters. The summed E-state index contributed by atoms with van der Waals surface area (Å²) in [5, 5.41) is 10.5. The number of carboxylic acid groups (broad SMARTS) is 1. The number of rotatable bonds is 5. The highest BCUT2D eigenvalue weighted by Crippen LogP contribution is 2.21. The van der Waals surface area contributed by atoms with Crippen LogP contribution in [0.1, 0.15) is 18.5 Å². The van der Waals surface area contributed by atoms with Crippen molar-refractivity contribution >= 4 is 5.97 Å². The van der Waals surface area contributed by atoms with Crippen molar-refractivity contribution in [3.05, 3.63) is 60.2 Å². The highest BCUT2D eigenvalue weighted by atomic mass is 19.4. The van der Waals surface area contributed by atoms with E-state index in [1.54, 1.807) is 0 Å². The summed E-state index contributed by atoms with van der Waals surface area (Å²) in [6, 6.07) is 19.5. The molecule has 0 radical (unpaired) electrons. The van der Waals surface area contributed by atoms with Gasteiger partial charge in [0, 0.05) is 19.1 Å². The molecular formula is C18H21F3N2O2. The van der Waals surface area contributed by atoms with Gasteiger partial charge in [0.25, 0.3) is 0 Å². The van der Waals surface area contributed by atoms with Crippen molar-refractivity contribution in [3.63, 3.8) is 0 Å². The van der Waals surface area contributed by atoms with Crippen LogP contribution in [0.25, 0.3) is 11.1 Å². The van der Waals surface area contributed by atoms with Crippen molar-refractivity contribution in [1.29, 1.82) is 0 Å². The molecule has 0 aliphatic rings. The Morgan fingerprint density at radius 2 is 1.56 bits per heavy atom. The molecule has 0 saturated heterocycles. The highest BCUT2D eigenvalue weighted by Gasteiger charge is 2.38. The zero-order valence-corrected chi connectivity index (χ0v) is 13.8. The second kappa shape index (κ2) is 9.80. The summed E-state index contributed by atoms with van der Waals surface area (Å²) >= 11 is 0. The van der Waals surface area contributed by atoms with Crippen molar-refractivity contribution < 1.29 is 23.1 Å². The molecular weight excluding hydrogens is 333 g/mol. The van der Waals surface area contributed by atoms with Crippen LogP contribution in [0.5, 0.6) is 0 Å². The maximum Gasteiger partial charge on any atom is 0.490 e. The number of nitrogens with two attached hydrogens (primary N) is 1. The van der Waals surface area contributed by atoms with Gasteiger partial charge in [0.15, 0.2) is 0 Å². The Morgan fingerprint density at radius 1 is 1.08 bits per heavy atom. The van der Waals surface area contributed by atoms with Crippen LogP contribution < -0.4 is 11.1 Å². The lowest BCUT2D eigenvalue weighted by Gasteiger charge is -2.14. The Labute approximate surface area is 144 Å². The van der Waals surface area contributed by atoms with Crippen molar-refractivity contribution in [2.45, 2.75) is 19.1 Å². The zero-order chi connectivity index (χ0) is 18.9. The Hall–Kier alpha value is -2.38. The Kier molecular flexibility index (Phi) is 8.10. The van der Waals surface area contributed by atoms with Crippen LogP contribution in [0.2, 0.25) is 0 Å². The van der Waals surface area contributed by atoms with Crippen LogP contribution in [0.4, 0.5) is 13.2 Å². The molecule has 4 N–H and O–H groups in total. The minimum Gasteiger partial charge on any atom is -0.475 e. The minimum atomic E-state index is -5.08. The van der Waals surface area contributed by atoms with Gasteiger partial charge in [0.1, 0.15) is 0 Å². The summed E-state index contributed by atoms with van der Waals surface area (Å²) in [6.45, 7) is 3.68.